The number of carbonyl (C=O) groups is 1. The Bertz CT molecular complexity index is 464. The van der Waals surface area contributed by atoms with Gasteiger partial charge in [0.15, 0.2) is 0 Å². The number of nitrogens with zero attached hydrogens (tertiary/aromatic N) is 1. The lowest BCUT2D eigenvalue weighted by Crippen LogP contribution is -2.42. The fourth-order valence-corrected chi connectivity index (χ4v) is 3.90. The second-order valence-corrected chi connectivity index (χ2v) is 7.08. The summed E-state index contributed by atoms with van der Waals surface area (Å²) in [4.78, 5) is 14.0. The number of rotatable bonds is 3. The van der Waals surface area contributed by atoms with Gasteiger partial charge in [0, 0.05) is 28.1 Å². The largest absolute Gasteiger partial charge is 0.388 e. The lowest BCUT2D eigenvalue weighted by atomic mass is 10.0. The maximum atomic E-state index is 12.4. The van der Waals surface area contributed by atoms with Gasteiger partial charge in [0.25, 0.3) is 5.91 Å². The standard InChI is InChI=1S/C14H17Br2NO2/c1-17(9-14(19)4-2-3-5-14)13(18)10-6-11(15)8-12(16)7-10/h6-8,19H,2-5,9H2,1H3. The van der Waals surface area contributed by atoms with Crippen molar-refractivity contribution in [1.29, 1.82) is 0 Å². The molecule has 1 saturated carbocycles. The summed E-state index contributed by atoms with van der Waals surface area (Å²) in [7, 11) is 1.74. The Kier molecular flexibility index (Phi) is 4.69. The Morgan fingerprint density at radius 1 is 1.26 bits per heavy atom. The Hall–Kier alpha value is -0.390. The van der Waals surface area contributed by atoms with Gasteiger partial charge in [-0.2, -0.15) is 0 Å². The second kappa shape index (κ2) is 5.94. The van der Waals surface area contributed by atoms with Gasteiger partial charge in [-0.25, -0.2) is 0 Å². The van der Waals surface area contributed by atoms with Crippen LogP contribution in [0.2, 0.25) is 0 Å². The highest BCUT2D eigenvalue weighted by Crippen LogP contribution is 2.30. The van der Waals surface area contributed by atoms with Gasteiger partial charge in [0.2, 0.25) is 0 Å². The zero-order valence-corrected chi connectivity index (χ0v) is 14.0. The van der Waals surface area contributed by atoms with E-state index < -0.39 is 5.60 Å². The summed E-state index contributed by atoms with van der Waals surface area (Å²) in [6.45, 7) is 0.399. The zero-order chi connectivity index (χ0) is 14.0. The van der Waals surface area contributed by atoms with Gasteiger partial charge in [0.1, 0.15) is 0 Å². The summed E-state index contributed by atoms with van der Waals surface area (Å²) in [5.41, 5.74) is -0.0847. The number of amides is 1. The Morgan fingerprint density at radius 2 is 1.79 bits per heavy atom. The first-order valence-electron chi connectivity index (χ1n) is 6.34. The molecule has 1 aliphatic carbocycles. The fourth-order valence-electron chi connectivity index (χ4n) is 2.60. The van der Waals surface area contributed by atoms with E-state index in [4.69, 9.17) is 0 Å². The Labute approximate surface area is 130 Å². The molecule has 3 nitrogen and oxygen atoms in total. The highest BCUT2D eigenvalue weighted by molar-refractivity contribution is 9.11. The average molecular weight is 391 g/mol. The molecule has 0 atom stereocenters. The van der Waals surface area contributed by atoms with Crippen LogP contribution in [0.15, 0.2) is 27.1 Å². The molecule has 1 aliphatic rings. The third-order valence-corrected chi connectivity index (χ3v) is 4.44. The van der Waals surface area contributed by atoms with Crippen molar-refractivity contribution >= 4 is 37.8 Å². The molecule has 0 unspecified atom stereocenters. The zero-order valence-electron chi connectivity index (χ0n) is 10.8. The van der Waals surface area contributed by atoms with Crippen LogP contribution in [-0.2, 0) is 0 Å². The minimum atomic E-state index is -0.701. The molecule has 1 aromatic rings. The molecule has 1 fully saturated rings. The number of carbonyl (C=O) groups excluding carboxylic acids is 1. The van der Waals surface area contributed by atoms with Crippen molar-refractivity contribution in [2.24, 2.45) is 0 Å². The number of halogens is 2. The van der Waals surface area contributed by atoms with E-state index in [0.717, 1.165) is 34.6 Å². The lowest BCUT2D eigenvalue weighted by Gasteiger charge is -2.28. The first-order valence-corrected chi connectivity index (χ1v) is 7.92. The Morgan fingerprint density at radius 3 is 2.32 bits per heavy atom. The van der Waals surface area contributed by atoms with Crippen molar-refractivity contribution in [2.75, 3.05) is 13.6 Å². The SMILES string of the molecule is CN(CC1(O)CCCC1)C(=O)c1cc(Br)cc(Br)c1. The highest BCUT2D eigenvalue weighted by atomic mass is 79.9. The van der Waals surface area contributed by atoms with Crippen LogP contribution in [0.1, 0.15) is 36.0 Å². The van der Waals surface area contributed by atoms with Gasteiger partial charge < -0.3 is 10.0 Å². The summed E-state index contributed by atoms with van der Waals surface area (Å²) < 4.78 is 1.72. The van der Waals surface area contributed by atoms with E-state index in [0.29, 0.717) is 12.1 Å². The minimum absolute atomic E-state index is 0.0673. The van der Waals surface area contributed by atoms with Gasteiger partial charge in [-0.1, -0.05) is 44.7 Å². The van der Waals surface area contributed by atoms with E-state index in [1.54, 1.807) is 24.1 Å². The predicted octanol–water partition coefficient (Wildman–Crippen LogP) is 3.59. The monoisotopic (exact) mass is 389 g/mol. The first kappa shape index (κ1) is 15.0. The van der Waals surface area contributed by atoms with Gasteiger partial charge in [-0.15, -0.1) is 0 Å². The van der Waals surface area contributed by atoms with Gasteiger partial charge in [-0.3, -0.25) is 4.79 Å². The average Bonchev–Trinajstić information content (AvgIpc) is 2.73. The van der Waals surface area contributed by atoms with E-state index in [-0.39, 0.29) is 5.91 Å². The molecule has 104 valence electrons. The first-order chi connectivity index (χ1) is 8.89. The van der Waals surface area contributed by atoms with Gasteiger partial charge in [-0.05, 0) is 31.0 Å². The van der Waals surface area contributed by atoms with Crippen molar-refractivity contribution in [2.45, 2.75) is 31.3 Å². The molecule has 2 rings (SSSR count). The summed E-state index contributed by atoms with van der Waals surface area (Å²) in [6, 6.07) is 5.48. The molecule has 0 heterocycles. The third-order valence-electron chi connectivity index (χ3n) is 3.52. The van der Waals surface area contributed by atoms with E-state index in [1.807, 2.05) is 6.07 Å². The van der Waals surface area contributed by atoms with Crippen molar-refractivity contribution in [3.8, 4) is 0 Å². The molecular formula is C14H17Br2NO2. The van der Waals surface area contributed by atoms with Crippen LogP contribution >= 0.6 is 31.9 Å². The predicted molar refractivity (Wildman–Crippen MR) is 82.2 cm³/mol. The summed E-state index contributed by atoms with van der Waals surface area (Å²) in [5, 5.41) is 10.4. The minimum Gasteiger partial charge on any atom is -0.388 e. The summed E-state index contributed by atoms with van der Waals surface area (Å²) >= 11 is 6.76. The smallest absolute Gasteiger partial charge is 0.253 e. The molecule has 0 radical (unpaired) electrons. The Balaban J connectivity index is 2.10. The second-order valence-electron chi connectivity index (χ2n) is 5.25. The molecule has 0 aromatic heterocycles. The normalized spacial score (nSPS) is 17.5. The molecule has 1 N–H and O–H groups in total. The number of aliphatic hydroxyl groups is 1. The van der Waals surface area contributed by atoms with Crippen LogP contribution in [0, 0.1) is 0 Å². The van der Waals surface area contributed by atoms with Crippen molar-refractivity contribution < 1.29 is 9.90 Å². The van der Waals surface area contributed by atoms with Crippen LogP contribution in [0.3, 0.4) is 0 Å². The summed E-state index contributed by atoms with van der Waals surface area (Å²) in [5.74, 6) is -0.0673. The maximum absolute atomic E-state index is 12.4. The molecule has 1 amide bonds. The molecule has 5 heteroatoms. The number of benzene rings is 1. The van der Waals surface area contributed by atoms with Gasteiger partial charge in [0.05, 0.1) is 5.60 Å². The molecule has 0 saturated heterocycles. The van der Waals surface area contributed by atoms with Crippen molar-refractivity contribution in [3.05, 3.63) is 32.7 Å². The van der Waals surface area contributed by atoms with Crippen LogP contribution in [0.5, 0.6) is 0 Å². The number of likely N-dealkylation sites (N-methyl/N-ethyl adjacent to an activating group) is 1. The van der Waals surface area contributed by atoms with Gasteiger partial charge >= 0.3 is 0 Å². The van der Waals surface area contributed by atoms with Crippen LogP contribution in [-0.4, -0.2) is 35.1 Å². The summed E-state index contributed by atoms with van der Waals surface area (Å²) in [6.07, 6.45) is 3.65. The van der Waals surface area contributed by atoms with E-state index in [9.17, 15) is 9.90 Å². The van der Waals surface area contributed by atoms with Crippen LogP contribution in [0.4, 0.5) is 0 Å². The number of hydrogen-bond donors (Lipinski definition) is 1. The third kappa shape index (κ3) is 3.80. The molecule has 19 heavy (non-hydrogen) atoms. The molecule has 0 spiro atoms. The lowest BCUT2D eigenvalue weighted by molar-refractivity contribution is 0.0157. The van der Waals surface area contributed by atoms with E-state index in [2.05, 4.69) is 31.9 Å². The maximum Gasteiger partial charge on any atom is 0.253 e. The van der Waals surface area contributed by atoms with Crippen LogP contribution in [0.25, 0.3) is 0 Å². The molecular weight excluding hydrogens is 374 g/mol. The van der Waals surface area contributed by atoms with Crippen LogP contribution < -0.4 is 0 Å². The molecule has 0 bridgehead atoms. The number of hydrogen-bond acceptors (Lipinski definition) is 2. The van der Waals surface area contributed by atoms with Crippen molar-refractivity contribution in [3.63, 3.8) is 0 Å². The van der Waals surface area contributed by atoms with E-state index in [1.165, 1.54) is 0 Å². The molecule has 1 aromatic carbocycles. The van der Waals surface area contributed by atoms with Crippen molar-refractivity contribution in [1.82, 2.24) is 4.90 Å². The topological polar surface area (TPSA) is 40.5 Å². The van der Waals surface area contributed by atoms with E-state index >= 15 is 0 Å². The quantitative estimate of drug-likeness (QED) is 0.856. The fraction of sp³-hybridized carbons (Fsp3) is 0.500. The molecule has 0 aliphatic heterocycles. The highest BCUT2D eigenvalue weighted by Gasteiger charge is 2.33.